The Morgan fingerprint density at radius 2 is 1.78 bits per heavy atom. The Kier molecular flexibility index (Phi) is 6.91. The van der Waals surface area contributed by atoms with Gasteiger partial charge in [0.25, 0.3) is 0 Å². The number of carbonyl (C=O) groups is 2. The predicted molar refractivity (Wildman–Crippen MR) is 105 cm³/mol. The van der Waals surface area contributed by atoms with Crippen LogP contribution in [0.5, 0.6) is 0 Å². The van der Waals surface area contributed by atoms with E-state index >= 15 is 0 Å². The van der Waals surface area contributed by atoms with Crippen molar-refractivity contribution in [1.82, 2.24) is 4.72 Å². The van der Waals surface area contributed by atoms with Crippen LogP contribution in [-0.4, -0.2) is 33.3 Å². The molecule has 1 aromatic heterocycles. The van der Waals surface area contributed by atoms with E-state index in [0.29, 0.717) is 5.56 Å². The van der Waals surface area contributed by atoms with Crippen LogP contribution < -0.4 is 4.72 Å². The van der Waals surface area contributed by atoms with Crippen molar-refractivity contribution in [2.75, 3.05) is 13.2 Å². The molecule has 0 amide bonds. The van der Waals surface area contributed by atoms with Crippen LogP contribution in [0.25, 0.3) is 0 Å². The molecule has 0 radical (unpaired) electrons. The molecule has 27 heavy (non-hydrogen) atoms. The van der Waals surface area contributed by atoms with Gasteiger partial charge in [-0.25, -0.2) is 13.1 Å². The standard InChI is InChI=1S/C19H23NO5S2/c1-19(2,3)15-8-6-14(7-9-15)16(21)13-25-17(22)10-11-20-27(23,24)18-5-4-12-26-18/h4-9,12,20H,10-11,13H2,1-3H3. The Bertz CT molecular complexity index is 879. The van der Waals surface area contributed by atoms with Gasteiger partial charge in [0, 0.05) is 12.1 Å². The molecule has 0 saturated heterocycles. The van der Waals surface area contributed by atoms with E-state index in [4.69, 9.17) is 4.74 Å². The van der Waals surface area contributed by atoms with E-state index in [9.17, 15) is 18.0 Å². The lowest BCUT2D eigenvalue weighted by Crippen LogP contribution is -2.26. The van der Waals surface area contributed by atoms with Crippen LogP contribution in [0, 0.1) is 0 Å². The highest BCUT2D eigenvalue weighted by atomic mass is 32.2. The number of sulfonamides is 1. The van der Waals surface area contributed by atoms with Crippen molar-refractivity contribution in [3.8, 4) is 0 Å². The van der Waals surface area contributed by atoms with E-state index in [0.717, 1.165) is 16.9 Å². The largest absolute Gasteiger partial charge is 0.457 e. The first kappa shape index (κ1) is 21.3. The van der Waals surface area contributed by atoms with Crippen molar-refractivity contribution in [3.63, 3.8) is 0 Å². The first-order chi connectivity index (χ1) is 12.6. The van der Waals surface area contributed by atoms with E-state index in [-0.39, 0.29) is 35.0 Å². The van der Waals surface area contributed by atoms with Gasteiger partial charge in [0.05, 0.1) is 6.42 Å². The molecule has 6 nitrogen and oxygen atoms in total. The van der Waals surface area contributed by atoms with E-state index in [1.54, 1.807) is 23.6 Å². The molecular weight excluding hydrogens is 386 g/mol. The second kappa shape index (κ2) is 8.77. The number of ketones is 1. The second-order valence-corrected chi connectivity index (χ2v) is 9.93. The zero-order chi connectivity index (χ0) is 20.1. The lowest BCUT2D eigenvalue weighted by atomic mass is 9.86. The fourth-order valence-electron chi connectivity index (χ4n) is 2.23. The van der Waals surface area contributed by atoms with Gasteiger partial charge in [0.2, 0.25) is 10.0 Å². The SMILES string of the molecule is CC(C)(C)c1ccc(C(=O)COC(=O)CCNS(=O)(=O)c2cccs2)cc1. The third kappa shape index (κ3) is 6.27. The molecule has 0 saturated carbocycles. The Labute approximate surface area is 163 Å². The van der Waals surface area contributed by atoms with E-state index in [1.807, 2.05) is 12.1 Å². The first-order valence-corrected chi connectivity index (χ1v) is 10.8. The van der Waals surface area contributed by atoms with Gasteiger partial charge >= 0.3 is 5.97 Å². The maximum atomic E-state index is 12.1. The third-order valence-electron chi connectivity index (χ3n) is 3.82. The van der Waals surface area contributed by atoms with Crippen LogP contribution >= 0.6 is 11.3 Å². The molecule has 1 N–H and O–H groups in total. The Morgan fingerprint density at radius 1 is 1.11 bits per heavy atom. The van der Waals surface area contributed by atoms with Crippen LogP contribution in [0.1, 0.15) is 43.1 Å². The monoisotopic (exact) mass is 409 g/mol. The molecule has 1 heterocycles. The summed E-state index contributed by atoms with van der Waals surface area (Å²) in [6, 6.07) is 10.3. The molecule has 0 atom stereocenters. The number of thiophene rings is 1. The number of esters is 1. The molecule has 0 fully saturated rings. The average molecular weight is 410 g/mol. The van der Waals surface area contributed by atoms with Gasteiger partial charge in [-0.3, -0.25) is 9.59 Å². The summed E-state index contributed by atoms with van der Waals surface area (Å²) in [6.45, 7) is 5.79. The van der Waals surface area contributed by atoms with Crippen LogP contribution in [0.2, 0.25) is 0 Å². The minimum atomic E-state index is -3.61. The van der Waals surface area contributed by atoms with E-state index in [2.05, 4.69) is 25.5 Å². The summed E-state index contributed by atoms with van der Waals surface area (Å²) >= 11 is 1.09. The molecule has 2 rings (SSSR count). The summed E-state index contributed by atoms with van der Waals surface area (Å²) < 4.78 is 31.3. The van der Waals surface area contributed by atoms with Gasteiger partial charge in [-0.2, -0.15) is 0 Å². The molecule has 0 aliphatic carbocycles. The number of hydrogen-bond acceptors (Lipinski definition) is 6. The molecule has 0 spiro atoms. The second-order valence-electron chi connectivity index (χ2n) is 6.99. The minimum absolute atomic E-state index is 0.00943. The van der Waals surface area contributed by atoms with Crippen molar-refractivity contribution in [2.45, 2.75) is 36.8 Å². The lowest BCUT2D eigenvalue weighted by Gasteiger charge is -2.18. The molecular formula is C19H23NO5S2. The van der Waals surface area contributed by atoms with Gasteiger partial charge in [0.1, 0.15) is 4.21 Å². The fraction of sp³-hybridized carbons (Fsp3) is 0.368. The zero-order valence-electron chi connectivity index (χ0n) is 15.5. The summed E-state index contributed by atoms with van der Waals surface area (Å²) in [7, 11) is -3.61. The highest BCUT2D eigenvalue weighted by molar-refractivity contribution is 7.91. The average Bonchev–Trinajstić information content (AvgIpc) is 3.14. The Hall–Kier alpha value is -2.03. The Morgan fingerprint density at radius 3 is 2.33 bits per heavy atom. The van der Waals surface area contributed by atoms with Crippen molar-refractivity contribution >= 4 is 33.1 Å². The summed E-state index contributed by atoms with van der Waals surface area (Å²) in [4.78, 5) is 23.8. The number of benzene rings is 1. The normalized spacial score (nSPS) is 12.0. The molecule has 0 unspecified atom stereocenters. The van der Waals surface area contributed by atoms with Crippen molar-refractivity contribution in [3.05, 3.63) is 52.9 Å². The molecule has 0 aliphatic heterocycles. The zero-order valence-corrected chi connectivity index (χ0v) is 17.2. The maximum Gasteiger partial charge on any atom is 0.307 e. The highest BCUT2D eigenvalue weighted by Gasteiger charge is 2.17. The third-order valence-corrected chi connectivity index (χ3v) is 6.68. The molecule has 8 heteroatoms. The van der Waals surface area contributed by atoms with Crippen molar-refractivity contribution < 1.29 is 22.7 Å². The molecule has 1 aromatic carbocycles. The first-order valence-electron chi connectivity index (χ1n) is 8.42. The summed E-state index contributed by atoms with van der Waals surface area (Å²) in [6.07, 6.45) is -0.152. The van der Waals surface area contributed by atoms with Crippen LogP contribution in [0.15, 0.2) is 46.0 Å². The van der Waals surface area contributed by atoms with Crippen LogP contribution in [0.4, 0.5) is 0 Å². The number of hydrogen-bond donors (Lipinski definition) is 1. The van der Waals surface area contributed by atoms with Crippen LogP contribution in [-0.2, 0) is 25.0 Å². The summed E-state index contributed by atoms with van der Waals surface area (Å²) in [5.74, 6) is -0.938. The molecule has 146 valence electrons. The summed E-state index contributed by atoms with van der Waals surface area (Å²) in [5, 5.41) is 1.66. The summed E-state index contributed by atoms with van der Waals surface area (Å²) in [5.41, 5.74) is 1.56. The van der Waals surface area contributed by atoms with Gasteiger partial charge < -0.3 is 4.74 Å². The minimum Gasteiger partial charge on any atom is -0.457 e. The number of rotatable bonds is 8. The highest BCUT2D eigenvalue weighted by Crippen LogP contribution is 2.22. The predicted octanol–water partition coefficient (Wildman–Crippen LogP) is 3.14. The van der Waals surface area contributed by atoms with E-state index in [1.165, 1.54) is 6.07 Å². The quantitative estimate of drug-likeness (QED) is 0.534. The van der Waals surface area contributed by atoms with Gasteiger partial charge in [-0.05, 0) is 22.4 Å². The number of ether oxygens (including phenoxy) is 1. The smallest absolute Gasteiger partial charge is 0.307 e. The molecule has 0 aliphatic rings. The number of carbonyl (C=O) groups excluding carboxylic acids is 2. The number of Topliss-reactive ketones (excluding diaryl/α,β-unsaturated/α-hetero) is 1. The molecule has 2 aromatic rings. The maximum absolute atomic E-state index is 12.1. The van der Waals surface area contributed by atoms with Crippen LogP contribution in [0.3, 0.4) is 0 Å². The lowest BCUT2D eigenvalue weighted by molar-refractivity contribution is -0.142. The van der Waals surface area contributed by atoms with E-state index < -0.39 is 16.0 Å². The Balaban J connectivity index is 1.77. The molecule has 0 bridgehead atoms. The van der Waals surface area contributed by atoms with Crippen molar-refractivity contribution in [2.24, 2.45) is 0 Å². The van der Waals surface area contributed by atoms with Gasteiger partial charge in [0.15, 0.2) is 12.4 Å². The topological polar surface area (TPSA) is 89.5 Å². The number of nitrogens with one attached hydrogen (secondary N) is 1. The fourth-order valence-corrected chi connectivity index (χ4v) is 4.30. The van der Waals surface area contributed by atoms with Gasteiger partial charge in [-0.1, -0.05) is 51.1 Å². The van der Waals surface area contributed by atoms with Gasteiger partial charge in [-0.15, -0.1) is 11.3 Å². The van der Waals surface area contributed by atoms with Crippen molar-refractivity contribution in [1.29, 1.82) is 0 Å².